The molecule has 1 fully saturated rings. The zero-order valence-corrected chi connectivity index (χ0v) is 24.8. The molecule has 2 aliphatic rings. The third-order valence-corrected chi connectivity index (χ3v) is 8.38. The number of hydrogen-bond donors (Lipinski definition) is 3. The van der Waals surface area contributed by atoms with E-state index in [1.54, 1.807) is 17.9 Å². The molecule has 43 heavy (non-hydrogen) atoms. The number of nitrogens with zero attached hydrogens (tertiary/aromatic N) is 2. The lowest BCUT2D eigenvalue weighted by Gasteiger charge is -2.35. The first-order valence-electron chi connectivity index (χ1n) is 15.2. The van der Waals surface area contributed by atoms with Crippen LogP contribution in [-0.2, 0) is 40.3 Å². The Bertz CT molecular complexity index is 1420. The Balaban J connectivity index is 1.16. The van der Waals surface area contributed by atoms with Crippen LogP contribution in [0, 0.1) is 5.92 Å². The lowest BCUT2D eigenvalue weighted by atomic mass is 9.96. The van der Waals surface area contributed by atoms with Crippen molar-refractivity contribution in [2.24, 2.45) is 11.7 Å². The zero-order valence-electron chi connectivity index (χ0n) is 24.8. The highest BCUT2D eigenvalue weighted by atomic mass is 16.2. The van der Waals surface area contributed by atoms with Crippen LogP contribution in [0.3, 0.4) is 0 Å². The Hall–Kier alpha value is -4.27. The van der Waals surface area contributed by atoms with Gasteiger partial charge in [-0.2, -0.15) is 0 Å². The molecule has 1 aliphatic carbocycles. The molecule has 3 aromatic carbocycles. The minimum Gasteiger partial charge on any atom is -0.351 e. The number of fused-ring (bicyclic) bond motifs is 1. The summed E-state index contributed by atoms with van der Waals surface area (Å²) < 4.78 is 0. The second kappa shape index (κ2) is 14.3. The lowest BCUT2D eigenvalue weighted by molar-refractivity contribution is -0.131. The maximum atomic E-state index is 13.5. The third kappa shape index (κ3) is 7.97. The fourth-order valence-electron chi connectivity index (χ4n) is 5.78. The molecule has 5 rings (SSSR count). The van der Waals surface area contributed by atoms with Crippen molar-refractivity contribution >= 4 is 23.8 Å². The number of amides is 3. The van der Waals surface area contributed by atoms with Crippen LogP contribution in [0.5, 0.6) is 0 Å². The van der Waals surface area contributed by atoms with Gasteiger partial charge in [0.1, 0.15) is 5.70 Å². The molecular weight excluding hydrogens is 538 g/mol. The van der Waals surface area contributed by atoms with E-state index < -0.39 is 6.04 Å². The minimum atomic E-state index is -0.564. The van der Waals surface area contributed by atoms with Gasteiger partial charge in [0.2, 0.25) is 11.8 Å². The summed E-state index contributed by atoms with van der Waals surface area (Å²) in [5.74, 6) is -0.434. The van der Waals surface area contributed by atoms with Gasteiger partial charge < -0.3 is 21.3 Å². The summed E-state index contributed by atoms with van der Waals surface area (Å²) in [5.41, 5.74) is 12.1. The molecule has 3 amide bonds. The van der Waals surface area contributed by atoms with Gasteiger partial charge in [-0.3, -0.25) is 19.3 Å². The van der Waals surface area contributed by atoms with Crippen molar-refractivity contribution in [1.82, 2.24) is 20.4 Å². The van der Waals surface area contributed by atoms with Gasteiger partial charge in [-0.25, -0.2) is 0 Å². The maximum absolute atomic E-state index is 13.5. The molecule has 0 unspecified atom stereocenters. The maximum Gasteiger partial charge on any atom is 0.270 e. The van der Waals surface area contributed by atoms with Crippen LogP contribution in [0.2, 0.25) is 0 Å². The van der Waals surface area contributed by atoms with Crippen molar-refractivity contribution < 1.29 is 14.4 Å². The summed E-state index contributed by atoms with van der Waals surface area (Å²) in [5, 5.41) is 5.79. The fraction of sp³-hybridized carbons (Fsp3) is 0.343. The molecule has 0 bridgehead atoms. The Morgan fingerprint density at radius 1 is 0.860 bits per heavy atom. The summed E-state index contributed by atoms with van der Waals surface area (Å²) in [7, 11) is 0. The quantitative estimate of drug-likeness (QED) is 0.320. The van der Waals surface area contributed by atoms with Crippen LogP contribution in [0.1, 0.15) is 41.2 Å². The highest BCUT2D eigenvalue weighted by Gasteiger charge is 2.30. The topological polar surface area (TPSA) is 108 Å². The number of hydrogen-bond acceptors (Lipinski definition) is 5. The van der Waals surface area contributed by atoms with Crippen molar-refractivity contribution in [2.75, 3.05) is 26.2 Å². The lowest BCUT2D eigenvalue weighted by Crippen LogP contribution is -2.50. The first-order chi connectivity index (χ1) is 20.9. The van der Waals surface area contributed by atoms with E-state index in [2.05, 4.69) is 39.8 Å². The largest absolute Gasteiger partial charge is 0.351 e. The molecule has 1 heterocycles. The van der Waals surface area contributed by atoms with Crippen molar-refractivity contribution in [2.45, 2.75) is 45.3 Å². The predicted molar refractivity (Wildman–Crippen MR) is 168 cm³/mol. The van der Waals surface area contributed by atoms with Crippen molar-refractivity contribution in [3.63, 3.8) is 0 Å². The molecule has 0 radical (unpaired) electrons. The normalized spacial score (nSPS) is 16.4. The van der Waals surface area contributed by atoms with Gasteiger partial charge in [0.25, 0.3) is 5.91 Å². The molecule has 0 spiro atoms. The van der Waals surface area contributed by atoms with E-state index in [1.165, 1.54) is 16.7 Å². The summed E-state index contributed by atoms with van der Waals surface area (Å²) in [6.07, 6.45) is 3.65. The first-order valence-corrected chi connectivity index (χ1v) is 15.2. The molecule has 3 aromatic rings. The molecule has 8 heteroatoms. The van der Waals surface area contributed by atoms with Crippen molar-refractivity contribution in [3.05, 3.63) is 112 Å². The van der Waals surface area contributed by atoms with E-state index in [-0.39, 0.29) is 35.8 Å². The summed E-state index contributed by atoms with van der Waals surface area (Å²) in [6, 6.07) is 25.6. The van der Waals surface area contributed by atoms with E-state index in [0.717, 1.165) is 43.6 Å². The third-order valence-electron chi connectivity index (χ3n) is 8.38. The molecule has 224 valence electrons. The van der Waals surface area contributed by atoms with Crippen LogP contribution in [0.15, 0.2) is 84.6 Å². The van der Waals surface area contributed by atoms with Gasteiger partial charge >= 0.3 is 0 Å². The molecule has 1 atom stereocenters. The summed E-state index contributed by atoms with van der Waals surface area (Å²) in [4.78, 5) is 42.7. The fourth-order valence-corrected chi connectivity index (χ4v) is 5.78. The van der Waals surface area contributed by atoms with Gasteiger partial charge in [-0.15, -0.1) is 0 Å². The highest BCUT2D eigenvalue weighted by molar-refractivity contribution is 6.01. The summed E-state index contributed by atoms with van der Waals surface area (Å²) in [6.45, 7) is 5.71. The van der Waals surface area contributed by atoms with Crippen LogP contribution < -0.4 is 16.4 Å². The predicted octanol–water partition coefficient (Wildman–Crippen LogP) is 3.26. The van der Waals surface area contributed by atoms with Crippen molar-refractivity contribution in [1.29, 1.82) is 0 Å². The van der Waals surface area contributed by atoms with E-state index in [0.29, 0.717) is 19.6 Å². The first kappa shape index (κ1) is 30.2. The monoisotopic (exact) mass is 579 g/mol. The molecule has 8 nitrogen and oxygen atoms in total. The van der Waals surface area contributed by atoms with Gasteiger partial charge in [-0.05, 0) is 52.7 Å². The molecule has 1 aliphatic heterocycles. The summed E-state index contributed by atoms with van der Waals surface area (Å²) >= 11 is 0. The van der Waals surface area contributed by atoms with E-state index in [9.17, 15) is 14.4 Å². The molecule has 0 saturated carbocycles. The van der Waals surface area contributed by atoms with Crippen LogP contribution in [0.25, 0.3) is 6.08 Å². The Morgan fingerprint density at radius 3 is 2.12 bits per heavy atom. The Labute approximate surface area is 253 Å². The SMILES string of the molecule is CCC(=O)N/C(=C/c1ccc(CNC(=O)[C@@H](N)C2Cc3ccccc3C2)cc1)C(=O)N1CCN(Cc2ccccc2)CC1. The molecular formula is C35H41N5O3. The molecule has 0 aromatic heterocycles. The smallest absolute Gasteiger partial charge is 0.270 e. The van der Waals surface area contributed by atoms with Crippen LogP contribution in [0.4, 0.5) is 0 Å². The van der Waals surface area contributed by atoms with Crippen molar-refractivity contribution in [3.8, 4) is 0 Å². The Morgan fingerprint density at radius 2 is 1.49 bits per heavy atom. The second-order valence-electron chi connectivity index (χ2n) is 11.4. The minimum absolute atomic E-state index is 0.103. The number of piperazine rings is 1. The number of benzene rings is 3. The number of carbonyl (C=O) groups is 3. The average molecular weight is 580 g/mol. The Kier molecular flexibility index (Phi) is 10.0. The van der Waals surface area contributed by atoms with Gasteiger partial charge in [0.15, 0.2) is 0 Å². The van der Waals surface area contributed by atoms with Gasteiger partial charge in [0, 0.05) is 45.7 Å². The van der Waals surface area contributed by atoms with Crippen LogP contribution >= 0.6 is 0 Å². The number of carbonyl (C=O) groups excluding carboxylic acids is 3. The standard InChI is InChI=1S/C35H41N5O3/c1-2-32(41)38-31(35(43)40-18-16-39(17-19-40)24-27-8-4-3-5-9-27)20-25-12-14-26(15-13-25)23-37-34(42)33(36)30-21-28-10-6-7-11-29(28)22-30/h3-15,20,30,33H,2,16-19,21-24,36H2,1H3,(H,37,42)(H,38,41)/b31-20+/t33-/m0/s1. The number of nitrogens with two attached hydrogens (primary N) is 1. The van der Waals surface area contributed by atoms with E-state index in [4.69, 9.17) is 5.73 Å². The number of rotatable bonds is 10. The number of nitrogens with one attached hydrogen (secondary N) is 2. The highest BCUT2D eigenvalue weighted by Crippen LogP contribution is 2.28. The molecule has 4 N–H and O–H groups in total. The van der Waals surface area contributed by atoms with Gasteiger partial charge in [-0.1, -0.05) is 85.8 Å². The van der Waals surface area contributed by atoms with Crippen LogP contribution in [-0.4, -0.2) is 59.7 Å². The zero-order chi connectivity index (χ0) is 30.2. The van der Waals surface area contributed by atoms with E-state index >= 15 is 0 Å². The van der Waals surface area contributed by atoms with Gasteiger partial charge in [0.05, 0.1) is 6.04 Å². The second-order valence-corrected chi connectivity index (χ2v) is 11.4. The van der Waals surface area contributed by atoms with E-state index in [1.807, 2.05) is 54.6 Å². The molecule has 1 saturated heterocycles. The average Bonchev–Trinajstić information content (AvgIpc) is 3.48.